The molecule has 146 valence electrons. The van der Waals surface area contributed by atoms with Crippen molar-refractivity contribution in [3.05, 3.63) is 23.5 Å². The molecule has 0 aliphatic heterocycles. The Kier molecular flexibility index (Phi) is 3.39. The van der Waals surface area contributed by atoms with Crippen LogP contribution in [0.1, 0.15) is 83.6 Å². The van der Waals surface area contributed by atoms with Gasteiger partial charge in [-0.15, -0.1) is 0 Å². The van der Waals surface area contributed by atoms with Crippen LogP contribution in [-0.4, -0.2) is 20.6 Å². The molecule has 2 aromatic rings. The van der Waals surface area contributed by atoms with E-state index in [9.17, 15) is 14.3 Å². The number of rotatable bonds is 5. The Balaban J connectivity index is 1.71. The molecule has 2 aliphatic carbocycles. The third kappa shape index (κ3) is 3.59. The van der Waals surface area contributed by atoms with Gasteiger partial charge in [0.2, 0.25) is 11.9 Å². The fourth-order valence-corrected chi connectivity index (χ4v) is 3.55. The Morgan fingerprint density at radius 1 is 1.41 bits per heavy atom. The highest BCUT2D eigenvalue weighted by molar-refractivity contribution is 5.92. The normalized spacial score (nSPS) is 26.4. The fourth-order valence-electron chi connectivity index (χ4n) is 3.55. The van der Waals surface area contributed by atoms with Crippen LogP contribution in [-0.2, 0) is 10.4 Å². The van der Waals surface area contributed by atoms with Gasteiger partial charge >= 0.3 is 0 Å². The maximum absolute atomic E-state index is 14.9. The molecule has 0 radical (unpaired) electrons. The van der Waals surface area contributed by atoms with Gasteiger partial charge in [-0.2, -0.15) is 0 Å². The first-order valence-electron chi connectivity index (χ1n) is 11.9. The average Bonchev–Trinajstić information content (AvgIpc) is 3.03. The number of fused-ring (bicyclic) bond motifs is 1. The van der Waals surface area contributed by atoms with Crippen molar-refractivity contribution >= 4 is 22.9 Å². The molecule has 1 amide bonds. The van der Waals surface area contributed by atoms with E-state index in [1.165, 1.54) is 6.07 Å². The summed E-state index contributed by atoms with van der Waals surface area (Å²) in [4.78, 5) is 17.1. The molecule has 1 heterocycles. The zero-order valence-electron chi connectivity index (χ0n) is 20.6. The molecule has 2 N–H and O–H groups in total. The molecule has 6 heteroatoms. The van der Waals surface area contributed by atoms with Gasteiger partial charge in [0.1, 0.15) is 5.52 Å². The molecular weight excluding hydrogens is 345 g/mol. The molecule has 0 atom stereocenters. The highest BCUT2D eigenvalue weighted by atomic mass is 19.1. The average molecular weight is 379 g/mol. The van der Waals surface area contributed by atoms with Crippen molar-refractivity contribution in [3.63, 3.8) is 0 Å². The molecule has 2 fully saturated rings. The molecule has 0 bridgehead atoms. The number of anilines is 1. The van der Waals surface area contributed by atoms with Crippen LogP contribution in [0.3, 0.4) is 0 Å². The largest absolute Gasteiger partial charge is 0.386 e. The van der Waals surface area contributed by atoms with Crippen molar-refractivity contribution in [2.24, 2.45) is 5.89 Å². The molecule has 1 aromatic heterocycles. The van der Waals surface area contributed by atoms with Crippen molar-refractivity contribution < 1.29 is 21.1 Å². The maximum Gasteiger partial charge on any atom is 0.226 e. The van der Waals surface area contributed by atoms with Crippen molar-refractivity contribution in [2.75, 3.05) is 5.32 Å². The van der Waals surface area contributed by atoms with Crippen LogP contribution in [0.5, 0.6) is 0 Å². The van der Waals surface area contributed by atoms with Crippen LogP contribution in [0.15, 0.2) is 12.1 Å². The molecule has 1 aromatic carbocycles. The zero-order chi connectivity index (χ0) is 23.7. The van der Waals surface area contributed by atoms with E-state index in [0.717, 1.165) is 19.3 Å². The summed E-state index contributed by atoms with van der Waals surface area (Å²) < 4.78 is 57.4. The van der Waals surface area contributed by atoms with Crippen molar-refractivity contribution in [3.8, 4) is 0 Å². The third-order valence-electron chi connectivity index (χ3n) is 5.29. The minimum atomic E-state index is -2.24. The Bertz CT molecular complexity index is 1060. The van der Waals surface area contributed by atoms with Gasteiger partial charge < -0.3 is 9.67 Å². The number of hydrogen-bond acceptors (Lipinski definition) is 3. The van der Waals surface area contributed by atoms with E-state index < -0.39 is 42.4 Å². The van der Waals surface area contributed by atoms with Crippen LogP contribution < -0.4 is 5.32 Å². The zero-order valence-corrected chi connectivity index (χ0v) is 15.6. The van der Waals surface area contributed by atoms with Crippen LogP contribution in [0.4, 0.5) is 10.3 Å². The molecule has 0 spiro atoms. The summed E-state index contributed by atoms with van der Waals surface area (Å²) in [5, 5.41) is 12.9. The minimum absolute atomic E-state index is 0.0129. The second kappa shape index (κ2) is 6.89. The Morgan fingerprint density at radius 2 is 2.11 bits per heavy atom. The monoisotopic (exact) mass is 378 g/mol. The van der Waals surface area contributed by atoms with Crippen LogP contribution in [0.25, 0.3) is 11.0 Å². The number of nitrogens with zero attached hydrogens (tertiary/aromatic N) is 2. The molecule has 5 nitrogen and oxygen atoms in total. The van der Waals surface area contributed by atoms with E-state index in [4.69, 9.17) is 6.85 Å². The second-order valence-electron chi connectivity index (χ2n) is 7.83. The number of imidazole rings is 1. The highest BCUT2D eigenvalue weighted by Crippen LogP contribution is 2.39. The number of benzene rings is 1. The molecule has 4 rings (SSSR count). The molecular formula is C21H28FN3O2. The standard InChI is InChI=1S/C21H28FN3O2/c1-21(2,27)14-11-16(22)19-17(12-14)25(15-8-5-9-15)20(24-19)23-18(26)10-13-6-3-4-7-13/h11-13,15,27H,3-10H2,1-2H3,(H,23,24,26)/i6D2,7D2,13D. The maximum atomic E-state index is 14.9. The van der Waals surface area contributed by atoms with E-state index in [2.05, 4.69) is 10.3 Å². The van der Waals surface area contributed by atoms with Crippen molar-refractivity contribution in [1.82, 2.24) is 9.55 Å². The predicted molar refractivity (Wildman–Crippen MR) is 103 cm³/mol. The lowest BCUT2D eigenvalue weighted by atomic mass is 9.92. The van der Waals surface area contributed by atoms with E-state index in [-0.39, 0.29) is 30.3 Å². The van der Waals surface area contributed by atoms with E-state index in [1.807, 2.05) is 0 Å². The summed E-state index contributed by atoms with van der Waals surface area (Å²) in [6.07, 6.45) is -2.66. The van der Waals surface area contributed by atoms with E-state index >= 15 is 0 Å². The lowest BCUT2D eigenvalue weighted by Crippen LogP contribution is -2.23. The van der Waals surface area contributed by atoms with E-state index in [0.29, 0.717) is 11.1 Å². The number of carbonyl (C=O) groups excluding carboxylic acids is 1. The number of aromatic nitrogens is 2. The highest BCUT2D eigenvalue weighted by Gasteiger charge is 2.29. The molecule has 0 unspecified atom stereocenters. The van der Waals surface area contributed by atoms with Gasteiger partial charge in [-0.25, -0.2) is 9.37 Å². The van der Waals surface area contributed by atoms with Gasteiger partial charge in [-0.05, 0) is 69.4 Å². The first-order valence-corrected chi connectivity index (χ1v) is 9.40. The van der Waals surface area contributed by atoms with Crippen LogP contribution in [0.2, 0.25) is 0 Å². The minimum Gasteiger partial charge on any atom is -0.386 e. The molecule has 2 saturated carbocycles. The first-order chi connectivity index (χ1) is 14.7. The van der Waals surface area contributed by atoms with Gasteiger partial charge in [-0.3, -0.25) is 10.1 Å². The Morgan fingerprint density at radius 3 is 2.70 bits per heavy atom. The number of nitrogens with one attached hydrogen (secondary N) is 1. The first kappa shape index (κ1) is 13.3. The number of carbonyl (C=O) groups is 1. The van der Waals surface area contributed by atoms with Gasteiger partial charge in [0.25, 0.3) is 0 Å². The van der Waals surface area contributed by atoms with Gasteiger partial charge in [-0.1, -0.05) is 12.8 Å². The summed E-state index contributed by atoms with van der Waals surface area (Å²) in [5.41, 5.74) is -0.412. The Labute approximate surface area is 166 Å². The van der Waals surface area contributed by atoms with Gasteiger partial charge in [0, 0.05) is 19.3 Å². The van der Waals surface area contributed by atoms with Crippen LogP contribution in [0, 0.1) is 11.7 Å². The summed E-state index contributed by atoms with van der Waals surface area (Å²) >= 11 is 0. The summed E-state index contributed by atoms with van der Waals surface area (Å²) in [6, 6.07) is 2.85. The summed E-state index contributed by atoms with van der Waals surface area (Å²) in [7, 11) is 0. The molecule has 27 heavy (non-hydrogen) atoms. The lowest BCUT2D eigenvalue weighted by Gasteiger charge is -2.29. The molecule has 0 saturated heterocycles. The summed E-state index contributed by atoms with van der Waals surface area (Å²) in [5.74, 6) is -3.53. The van der Waals surface area contributed by atoms with E-state index in [1.54, 1.807) is 24.5 Å². The SMILES string of the molecule is [2H]C1([2H])CCC([2H])([2H])C1([2H])CC(=O)Nc1nc2c(F)cc(C(C)(C)O)cc2n1C1CCC1. The number of amides is 1. The Hall–Kier alpha value is -1.95. The third-order valence-corrected chi connectivity index (χ3v) is 5.29. The second-order valence-corrected chi connectivity index (χ2v) is 7.83. The van der Waals surface area contributed by atoms with Gasteiger partial charge in [0.05, 0.1) is 11.1 Å². The van der Waals surface area contributed by atoms with Gasteiger partial charge in [0.15, 0.2) is 5.82 Å². The van der Waals surface area contributed by atoms with Crippen LogP contribution >= 0.6 is 0 Å². The predicted octanol–water partition coefficient (Wildman–Crippen LogP) is 4.65. The number of halogens is 1. The lowest BCUT2D eigenvalue weighted by molar-refractivity contribution is -0.117. The smallest absolute Gasteiger partial charge is 0.226 e. The summed E-state index contributed by atoms with van der Waals surface area (Å²) in [6.45, 7) is 3.11. The van der Waals surface area contributed by atoms with Crippen molar-refractivity contribution in [2.45, 2.75) is 76.8 Å². The fraction of sp³-hybridized carbons (Fsp3) is 0.619. The quantitative estimate of drug-likeness (QED) is 0.796. The topological polar surface area (TPSA) is 67.2 Å². The number of aliphatic hydroxyl groups is 1. The molecule has 2 aliphatic rings. The number of hydrogen-bond donors (Lipinski definition) is 2. The van der Waals surface area contributed by atoms with Crippen molar-refractivity contribution in [1.29, 1.82) is 0 Å².